The van der Waals surface area contributed by atoms with Crippen molar-refractivity contribution >= 4 is 11.5 Å². The van der Waals surface area contributed by atoms with Crippen molar-refractivity contribution in [2.75, 3.05) is 0 Å². The maximum atomic E-state index is 12.8. The third kappa shape index (κ3) is 2.19. The lowest BCUT2D eigenvalue weighted by atomic mass is 9.72. The Morgan fingerprint density at radius 2 is 1.54 bits per heavy atom. The third-order valence-corrected chi connectivity index (χ3v) is 5.69. The van der Waals surface area contributed by atoms with Crippen molar-refractivity contribution in [3.63, 3.8) is 0 Å². The van der Waals surface area contributed by atoms with Crippen molar-refractivity contribution in [3.8, 4) is 0 Å². The van der Waals surface area contributed by atoms with Crippen molar-refractivity contribution in [1.82, 2.24) is 0 Å². The molecule has 2 aliphatic heterocycles. The van der Waals surface area contributed by atoms with Gasteiger partial charge in [0.25, 0.3) is 5.79 Å². The Hall–Kier alpha value is -2.43. The standard InChI is InChI=1S/C22H22O4/c1-14-15(2)25-21(3,17-12-8-5-9-13-17)22(24)19(14)18(20(23)26-22)16-10-6-4-7-11-16/h4-15,24H,1-3H3/t14-,15-,21-,22+/m0/s1. The second kappa shape index (κ2) is 5.79. The normalized spacial score (nSPS) is 33.8. The van der Waals surface area contributed by atoms with E-state index in [1.807, 2.05) is 74.5 Å². The summed E-state index contributed by atoms with van der Waals surface area (Å²) in [4.78, 5) is 12.8. The maximum Gasteiger partial charge on any atom is 0.341 e. The average molecular weight is 350 g/mol. The molecule has 26 heavy (non-hydrogen) atoms. The first-order valence-corrected chi connectivity index (χ1v) is 8.87. The highest BCUT2D eigenvalue weighted by molar-refractivity contribution is 6.20. The molecule has 4 atom stereocenters. The summed E-state index contributed by atoms with van der Waals surface area (Å²) in [5.74, 6) is -2.53. The number of carbonyl (C=O) groups excluding carboxylic acids is 1. The van der Waals surface area contributed by atoms with E-state index in [-0.39, 0.29) is 12.0 Å². The summed E-state index contributed by atoms with van der Waals surface area (Å²) in [6.45, 7) is 5.70. The van der Waals surface area contributed by atoms with Gasteiger partial charge in [0.15, 0.2) is 5.60 Å². The first-order chi connectivity index (χ1) is 12.4. The van der Waals surface area contributed by atoms with Crippen LogP contribution in [0.25, 0.3) is 5.57 Å². The number of benzene rings is 2. The maximum absolute atomic E-state index is 12.8. The van der Waals surface area contributed by atoms with Crippen molar-refractivity contribution < 1.29 is 19.4 Å². The van der Waals surface area contributed by atoms with Gasteiger partial charge in [-0.25, -0.2) is 4.79 Å². The molecule has 2 aromatic carbocycles. The summed E-state index contributed by atoms with van der Waals surface area (Å²) in [6, 6.07) is 18.8. The van der Waals surface area contributed by atoms with E-state index >= 15 is 0 Å². The zero-order valence-corrected chi connectivity index (χ0v) is 15.1. The lowest BCUT2D eigenvalue weighted by Crippen LogP contribution is -2.60. The minimum atomic E-state index is -1.84. The molecule has 4 rings (SSSR count). The fourth-order valence-corrected chi connectivity index (χ4v) is 4.10. The van der Waals surface area contributed by atoms with Crippen molar-refractivity contribution in [2.45, 2.75) is 38.3 Å². The lowest BCUT2D eigenvalue weighted by molar-refractivity contribution is -0.306. The zero-order valence-electron chi connectivity index (χ0n) is 15.1. The van der Waals surface area contributed by atoms with E-state index in [1.54, 1.807) is 6.92 Å². The molecule has 0 aliphatic carbocycles. The predicted octanol–water partition coefficient (Wildman–Crippen LogP) is 3.66. The Labute approximate surface area is 153 Å². The van der Waals surface area contributed by atoms with Crippen LogP contribution in [-0.4, -0.2) is 23.0 Å². The van der Waals surface area contributed by atoms with Crippen molar-refractivity contribution in [3.05, 3.63) is 77.4 Å². The summed E-state index contributed by atoms with van der Waals surface area (Å²) < 4.78 is 11.9. The van der Waals surface area contributed by atoms with E-state index in [0.29, 0.717) is 11.1 Å². The smallest absolute Gasteiger partial charge is 0.341 e. The van der Waals surface area contributed by atoms with Crippen LogP contribution in [0.5, 0.6) is 0 Å². The molecule has 4 heteroatoms. The van der Waals surface area contributed by atoms with Crippen LogP contribution in [0, 0.1) is 5.92 Å². The van der Waals surface area contributed by atoms with Crippen LogP contribution in [0.15, 0.2) is 66.2 Å². The molecular formula is C22H22O4. The Balaban J connectivity index is 1.97. The average Bonchev–Trinajstić information content (AvgIpc) is 2.93. The highest BCUT2D eigenvalue weighted by atomic mass is 16.7. The number of esters is 1. The van der Waals surface area contributed by atoms with Gasteiger partial charge in [-0.05, 0) is 25.0 Å². The number of hydrogen-bond donors (Lipinski definition) is 1. The first kappa shape index (κ1) is 17.0. The van der Waals surface area contributed by atoms with Crippen LogP contribution in [0.1, 0.15) is 31.9 Å². The van der Waals surface area contributed by atoms with Crippen LogP contribution in [0.4, 0.5) is 0 Å². The fraction of sp³-hybridized carbons (Fsp3) is 0.318. The first-order valence-electron chi connectivity index (χ1n) is 8.87. The summed E-state index contributed by atoms with van der Waals surface area (Å²) in [5, 5.41) is 11.6. The molecule has 134 valence electrons. The molecule has 1 N–H and O–H groups in total. The van der Waals surface area contributed by atoms with Crippen molar-refractivity contribution in [2.24, 2.45) is 5.92 Å². The predicted molar refractivity (Wildman–Crippen MR) is 97.9 cm³/mol. The molecule has 0 aromatic heterocycles. The molecule has 0 amide bonds. The van der Waals surface area contributed by atoms with Gasteiger partial charge in [0.1, 0.15) is 0 Å². The number of aliphatic hydroxyl groups is 1. The summed E-state index contributed by atoms with van der Waals surface area (Å²) >= 11 is 0. The molecule has 1 saturated heterocycles. The minimum absolute atomic E-state index is 0.168. The highest BCUT2D eigenvalue weighted by Crippen LogP contribution is 2.55. The van der Waals surface area contributed by atoms with Crippen LogP contribution in [0.2, 0.25) is 0 Å². The van der Waals surface area contributed by atoms with Gasteiger partial charge in [0.2, 0.25) is 0 Å². The summed E-state index contributed by atoms with van der Waals surface area (Å²) in [5.41, 5.74) is 1.36. The molecule has 4 nitrogen and oxygen atoms in total. The van der Waals surface area contributed by atoms with Crippen LogP contribution in [-0.2, 0) is 19.9 Å². The molecule has 2 aliphatic rings. The van der Waals surface area contributed by atoms with Crippen LogP contribution in [0.3, 0.4) is 0 Å². The van der Waals surface area contributed by atoms with Gasteiger partial charge in [-0.15, -0.1) is 0 Å². The largest absolute Gasteiger partial charge is 0.422 e. The van der Waals surface area contributed by atoms with Gasteiger partial charge >= 0.3 is 5.97 Å². The van der Waals surface area contributed by atoms with Gasteiger partial charge < -0.3 is 14.6 Å². The van der Waals surface area contributed by atoms with Crippen LogP contribution < -0.4 is 0 Å². The number of rotatable bonds is 2. The monoisotopic (exact) mass is 350 g/mol. The van der Waals surface area contributed by atoms with Crippen LogP contribution >= 0.6 is 0 Å². The molecule has 1 fully saturated rings. The van der Waals surface area contributed by atoms with Gasteiger partial charge in [-0.3, -0.25) is 0 Å². The topological polar surface area (TPSA) is 55.8 Å². The Morgan fingerprint density at radius 1 is 0.962 bits per heavy atom. The van der Waals surface area contributed by atoms with E-state index in [1.165, 1.54) is 0 Å². The number of hydrogen-bond acceptors (Lipinski definition) is 4. The minimum Gasteiger partial charge on any atom is -0.422 e. The number of carbonyl (C=O) groups is 1. The summed E-state index contributed by atoms with van der Waals surface area (Å²) in [6.07, 6.45) is -0.191. The second-order valence-corrected chi connectivity index (χ2v) is 7.20. The van der Waals surface area contributed by atoms with E-state index < -0.39 is 17.4 Å². The number of fused-ring (bicyclic) bond motifs is 1. The molecule has 0 saturated carbocycles. The molecular weight excluding hydrogens is 328 g/mol. The molecule has 0 radical (unpaired) electrons. The van der Waals surface area contributed by atoms with Gasteiger partial charge in [-0.1, -0.05) is 67.6 Å². The van der Waals surface area contributed by atoms with E-state index in [0.717, 1.165) is 11.1 Å². The van der Waals surface area contributed by atoms with Gasteiger partial charge in [-0.2, -0.15) is 0 Å². The van der Waals surface area contributed by atoms with E-state index in [9.17, 15) is 9.90 Å². The third-order valence-electron chi connectivity index (χ3n) is 5.69. The zero-order chi connectivity index (χ0) is 18.5. The molecule has 0 bridgehead atoms. The Kier molecular flexibility index (Phi) is 3.79. The van der Waals surface area contributed by atoms with Gasteiger partial charge in [0, 0.05) is 11.5 Å². The lowest BCUT2D eigenvalue weighted by Gasteiger charge is -2.50. The molecule has 0 unspecified atom stereocenters. The molecule has 2 heterocycles. The van der Waals surface area contributed by atoms with Crippen molar-refractivity contribution in [1.29, 1.82) is 0 Å². The quantitative estimate of drug-likeness (QED) is 0.840. The molecule has 2 aromatic rings. The van der Waals surface area contributed by atoms with Gasteiger partial charge in [0.05, 0.1) is 11.7 Å². The Bertz CT molecular complexity index is 874. The second-order valence-electron chi connectivity index (χ2n) is 7.20. The SMILES string of the molecule is C[C@@H]1O[C@@](C)(c2ccccc2)[C@]2(O)OC(=O)C(c3ccccc3)=C2[C@H]1C. The molecule has 0 spiro atoms. The summed E-state index contributed by atoms with van der Waals surface area (Å²) in [7, 11) is 0. The highest BCUT2D eigenvalue weighted by Gasteiger charge is 2.65. The number of ether oxygens (including phenoxy) is 2. The fourth-order valence-electron chi connectivity index (χ4n) is 4.10. The Morgan fingerprint density at radius 3 is 2.15 bits per heavy atom. The van der Waals surface area contributed by atoms with E-state index in [2.05, 4.69) is 0 Å². The van der Waals surface area contributed by atoms with E-state index in [4.69, 9.17) is 9.47 Å².